The van der Waals surface area contributed by atoms with Crippen molar-refractivity contribution in [1.29, 1.82) is 0 Å². The lowest BCUT2D eigenvalue weighted by molar-refractivity contribution is -0.126. The van der Waals surface area contributed by atoms with Crippen molar-refractivity contribution in [1.82, 2.24) is 10.2 Å². The van der Waals surface area contributed by atoms with Gasteiger partial charge in [0.25, 0.3) is 0 Å². The normalized spacial score (nSPS) is 30.1. The van der Waals surface area contributed by atoms with E-state index in [9.17, 15) is 9.90 Å². The topological polar surface area (TPSA) is 52.6 Å². The van der Waals surface area contributed by atoms with E-state index in [2.05, 4.69) is 10.2 Å². The predicted molar refractivity (Wildman–Crippen MR) is 71.3 cm³/mol. The summed E-state index contributed by atoms with van der Waals surface area (Å²) in [6.45, 7) is 4.13. The van der Waals surface area contributed by atoms with E-state index < -0.39 is 0 Å². The second-order valence-corrected chi connectivity index (χ2v) is 5.70. The number of nitrogens with one attached hydrogen (secondary N) is 1. The van der Waals surface area contributed by atoms with Gasteiger partial charge in [-0.05, 0) is 51.6 Å². The monoisotopic (exact) mass is 254 g/mol. The van der Waals surface area contributed by atoms with Crippen molar-refractivity contribution in [3.05, 3.63) is 0 Å². The molecule has 2 rings (SSSR count). The van der Waals surface area contributed by atoms with Gasteiger partial charge in [0.1, 0.15) is 0 Å². The summed E-state index contributed by atoms with van der Waals surface area (Å²) >= 11 is 0. The van der Waals surface area contributed by atoms with Crippen molar-refractivity contribution in [3.63, 3.8) is 0 Å². The van der Waals surface area contributed by atoms with Crippen molar-refractivity contribution in [2.75, 3.05) is 26.2 Å². The van der Waals surface area contributed by atoms with Crippen LogP contribution in [0.15, 0.2) is 0 Å². The molecule has 4 heteroatoms. The number of likely N-dealkylation sites (tertiary alicyclic amines) is 1. The Morgan fingerprint density at radius 2 is 1.78 bits per heavy atom. The van der Waals surface area contributed by atoms with Gasteiger partial charge < -0.3 is 15.3 Å². The maximum Gasteiger partial charge on any atom is 0.223 e. The predicted octanol–water partition coefficient (Wildman–Crippen LogP) is 1.14. The fraction of sp³-hybridized carbons (Fsp3) is 0.929. The Labute approximate surface area is 110 Å². The van der Waals surface area contributed by atoms with Crippen molar-refractivity contribution in [3.8, 4) is 0 Å². The van der Waals surface area contributed by atoms with Gasteiger partial charge in [-0.2, -0.15) is 0 Å². The Bertz CT molecular complexity index is 257. The minimum Gasteiger partial charge on any atom is -0.393 e. The largest absolute Gasteiger partial charge is 0.393 e. The van der Waals surface area contributed by atoms with Gasteiger partial charge >= 0.3 is 0 Å². The van der Waals surface area contributed by atoms with Crippen LogP contribution >= 0.6 is 0 Å². The number of amides is 1. The Hall–Kier alpha value is -0.610. The van der Waals surface area contributed by atoms with Crippen LogP contribution < -0.4 is 5.32 Å². The highest BCUT2D eigenvalue weighted by atomic mass is 16.3. The molecule has 18 heavy (non-hydrogen) atoms. The number of aliphatic hydroxyl groups is 1. The molecule has 2 fully saturated rings. The van der Waals surface area contributed by atoms with Crippen LogP contribution in [0, 0.1) is 5.92 Å². The molecule has 104 valence electrons. The number of hydrogen-bond acceptors (Lipinski definition) is 3. The van der Waals surface area contributed by atoms with Gasteiger partial charge in [-0.25, -0.2) is 0 Å². The summed E-state index contributed by atoms with van der Waals surface area (Å²) < 4.78 is 0. The summed E-state index contributed by atoms with van der Waals surface area (Å²) in [5.41, 5.74) is 0. The first-order valence-electron chi connectivity index (χ1n) is 7.44. The second-order valence-electron chi connectivity index (χ2n) is 5.70. The van der Waals surface area contributed by atoms with Crippen LogP contribution in [0.4, 0.5) is 0 Å². The molecule has 0 bridgehead atoms. The summed E-state index contributed by atoms with van der Waals surface area (Å²) in [6.07, 6.45) is 7.03. The van der Waals surface area contributed by atoms with E-state index in [0.29, 0.717) is 0 Å². The number of nitrogens with zero attached hydrogens (tertiary/aromatic N) is 1. The highest BCUT2D eigenvalue weighted by Gasteiger charge is 2.24. The number of rotatable bonds is 4. The van der Waals surface area contributed by atoms with Gasteiger partial charge in [0.15, 0.2) is 0 Å². The summed E-state index contributed by atoms with van der Waals surface area (Å²) in [7, 11) is 0. The first-order chi connectivity index (χ1) is 8.75. The summed E-state index contributed by atoms with van der Waals surface area (Å²) in [6, 6.07) is 0. The molecule has 1 aliphatic carbocycles. The molecule has 0 atom stereocenters. The van der Waals surface area contributed by atoms with Crippen molar-refractivity contribution < 1.29 is 9.90 Å². The Kier molecular flexibility index (Phi) is 5.45. The van der Waals surface area contributed by atoms with Crippen molar-refractivity contribution in [2.24, 2.45) is 5.92 Å². The zero-order valence-corrected chi connectivity index (χ0v) is 11.2. The van der Waals surface area contributed by atoms with E-state index >= 15 is 0 Å². The number of carbonyl (C=O) groups excluding carboxylic acids is 1. The van der Waals surface area contributed by atoms with Crippen LogP contribution in [0.5, 0.6) is 0 Å². The maximum absolute atomic E-state index is 11.9. The number of hydrogen-bond donors (Lipinski definition) is 2. The lowest BCUT2D eigenvalue weighted by Crippen LogP contribution is -2.40. The highest BCUT2D eigenvalue weighted by molar-refractivity contribution is 5.78. The third-order valence-electron chi connectivity index (χ3n) is 4.24. The minimum absolute atomic E-state index is 0.134. The van der Waals surface area contributed by atoms with E-state index in [-0.39, 0.29) is 17.9 Å². The molecule has 0 aromatic carbocycles. The molecule has 1 amide bonds. The maximum atomic E-state index is 11.9. The Morgan fingerprint density at radius 3 is 2.44 bits per heavy atom. The molecule has 2 N–H and O–H groups in total. The van der Waals surface area contributed by atoms with Crippen LogP contribution in [0.3, 0.4) is 0 Å². The van der Waals surface area contributed by atoms with E-state index in [0.717, 1.165) is 38.8 Å². The SMILES string of the molecule is O=C(NCCN1CCCCC1)[C@H]1CC[C@@H](O)CC1. The molecule has 0 aromatic rings. The summed E-state index contributed by atoms with van der Waals surface area (Å²) in [5, 5.41) is 12.5. The van der Waals surface area contributed by atoms with Gasteiger partial charge in [-0.3, -0.25) is 4.79 Å². The van der Waals surface area contributed by atoms with Gasteiger partial charge in [-0.15, -0.1) is 0 Å². The third-order valence-corrected chi connectivity index (χ3v) is 4.24. The van der Waals surface area contributed by atoms with Crippen LogP contribution in [-0.4, -0.2) is 48.2 Å². The molecular weight excluding hydrogens is 228 g/mol. The van der Waals surface area contributed by atoms with Crippen LogP contribution in [0.2, 0.25) is 0 Å². The molecular formula is C14H26N2O2. The van der Waals surface area contributed by atoms with E-state index in [1.807, 2.05) is 0 Å². The van der Waals surface area contributed by atoms with Crippen LogP contribution in [0.25, 0.3) is 0 Å². The smallest absolute Gasteiger partial charge is 0.223 e. The fourth-order valence-corrected chi connectivity index (χ4v) is 3.00. The lowest BCUT2D eigenvalue weighted by atomic mass is 9.87. The molecule has 1 heterocycles. The minimum atomic E-state index is -0.178. The molecule has 1 saturated carbocycles. The molecule has 4 nitrogen and oxygen atoms in total. The van der Waals surface area contributed by atoms with E-state index in [1.54, 1.807) is 0 Å². The zero-order valence-electron chi connectivity index (χ0n) is 11.2. The highest BCUT2D eigenvalue weighted by Crippen LogP contribution is 2.24. The van der Waals surface area contributed by atoms with Crippen LogP contribution in [0.1, 0.15) is 44.9 Å². The molecule has 0 radical (unpaired) electrons. The van der Waals surface area contributed by atoms with Gasteiger partial charge in [0.2, 0.25) is 5.91 Å². The van der Waals surface area contributed by atoms with Crippen molar-refractivity contribution in [2.45, 2.75) is 51.0 Å². The molecule has 2 aliphatic rings. The Morgan fingerprint density at radius 1 is 1.11 bits per heavy atom. The molecule has 0 aromatic heterocycles. The molecule has 1 saturated heterocycles. The molecule has 0 unspecified atom stereocenters. The molecule has 1 aliphatic heterocycles. The standard InChI is InChI=1S/C14H26N2O2/c17-13-6-4-12(5-7-13)14(18)15-8-11-16-9-2-1-3-10-16/h12-13,17H,1-11H2,(H,15,18)/t12-,13+. The fourth-order valence-electron chi connectivity index (χ4n) is 3.00. The quantitative estimate of drug-likeness (QED) is 0.791. The van der Waals surface area contributed by atoms with Gasteiger partial charge in [-0.1, -0.05) is 6.42 Å². The Balaban J connectivity index is 1.59. The first-order valence-corrected chi connectivity index (χ1v) is 7.44. The number of aliphatic hydroxyl groups excluding tert-OH is 1. The molecule has 0 spiro atoms. The average molecular weight is 254 g/mol. The van der Waals surface area contributed by atoms with Crippen LogP contribution in [-0.2, 0) is 4.79 Å². The van der Waals surface area contributed by atoms with Gasteiger partial charge in [0.05, 0.1) is 6.10 Å². The average Bonchev–Trinajstić information content (AvgIpc) is 2.40. The number of piperidine rings is 1. The summed E-state index contributed by atoms with van der Waals surface area (Å²) in [4.78, 5) is 14.4. The van der Waals surface area contributed by atoms with Crippen molar-refractivity contribution >= 4 is 5.91 Å². The van der Waals surface area contributed by atoms with E-state index in [1.165, 1.54) is 32.4 Å². The van der Waals surface area contributed by atoms with E-state index in [4.69, 9.17) is 0 Å². The zero-order chi connectivity index (χ0) is 12.8. The second kappa shape index (κ2) is 7.10. The third kappa shape index (κ3) is 4.25. The summed E-state index contributed by atoms with van der Waals surface area (Å²) in [5.74, 6) is 0.327. The number of carbonyl (C=O) groups is 1. The lowest BCUT2D eigenvalue weighted by Gasteiger charge is -2.27. The first kappa shape index (κ1) is 13.8. The van der Waals surface area contributed by atoms with Gasteiger partial charge in [0, 0.05) is 19.0 Å².